The minimum atomic E-state index is -2.10. The molecule has 1 heterocycles. The van der Waals surface area contributed by atoms with E-state index in [1.165, 1.54) is 0 Å². The van der Waals surface area contributed by atoms with E-state index in [4.69, 9.17) is 29.1 Å². The lowest BCUT2D eigenvalue weighted by Crippen LogP contribution is -2.54. The van der Waals surface area contributed by atoms with Crippen LogP contribution < -0.4 is 11.1 Å². The van der Waals surface area contributed by atoms with Crippen molar-refractivity contribution in [3.8, 4) is 0 Å². The van der Waals surface area contributed by atoms with E-state index in [0.717, 1.165) is 0 Å². The van der Waals surface area contributed by atoms with Crippen molar-refractivity contribution < 1.29 is 33.0 Å². The summed E-state index contributed by atoms with van der Waals surface area (Å²) in [5, 5.41) is 2.84. The Hall–Kier alpha value is -1.36. The molecule has 30 heavy (non-hydrogen) atoms. The van der Waals surface area contributed by atoms with Crippen molar-refractivity contribution in [2.75, 3.05) is 13.2 Å². The zero-order valence-corrected chi connectivity index (χ0v) is 21.1. The Morgan fingerprint density at radius 2 is 1.70 bits per heavy atom. The number of hydrogen-bond acceptors (Lipinski definition) is 7. The van der Waals surface area contributed by atoms with E-state index in [1.54, 1.807) is 34.6 Å². The standard InChI is InChI=1S/C20H40N2O7Si/c1-18(2,3)29-17(24)22-13(11-26-30(9,10)19(4,5)6)15-14(12-25-16(21)23)27-20(7,8)28-15/h13-15H,11-12H2,1-10H3,(H2,21,23)(H,22,24)/t13-,14+,15+/m1/s1. The molecule has 0 unspecified atom stereocenters. The summed E-state index contributed by atoms with van der Waals surface area (Å²) in [5.41, 5.74) is 4.45. The number of nitrogens with one attached hydrogen (secondary N) is 1. The van der Waals surface area contributed by atoms with Gasteiger partial charge in [-0.1, -0.05) is 20.8 Å². The van der Waals surface area contributed by atoms with Gasteiger partial charge in [-0.15, -0.1) is 0 Å². The Morgan fingerprint density at radius 1 is 1.13 bits per heavy atom. The Kier molecular flexibility index (Phi) is 8.37. The van der Waals surface area contributed by atoms with E-state index in [2.05, 4.69) is 39.2 Å². The summed E-state index contributed by atoms with van der Waals surface area (Å²) >= 11 is 0. The molecule has 2 amide bonds. The van der Waals surface area contributed by atoms with Gasteiger partial charge in [-0.3, -0.25) is 0 Å². The number of alkyl carbamates (subject to hydrolysis) is 1. The van der Waals surface area contributed by atoms with Gasteiger partial charge in [0.25, 0.3) is 0 Å². The fourth-order valence-corrected chi connectivity index (χ4v) is 3.72. The molecule has 1 aliphatic rings. The van der Waals surface area contributed by atoms with Gasteiger partial charge in [0.2, 0.25) is 0 Å². The molecule has 1 saturated heterocycles. The second-order valence-electron chi connectivity index (χ2n) is 10.6. The quantitative estimate of drug-likeness (QED) is 0.572. The summed E-state index contributed by atoms with van der Waals surface area (Å²) in [4.78, 5) is 23.6. The van der Waals surface area contributed by atoms with Crippen molar-refractivity contribution in [2.24, 2.45) is 5.73 Å². The Balaban J connectivity index is 3.07. The number of nitrogens with two attached hydrogens (primary N) is 1. The molecule has 3 N–H and O–H groups in total. The fraction of sp³-hybridized carbons (Fsp3) is 0.900. The van der Waals surface area contributed by atoms with Crippen LogP contribution in [-0.4, -0.2) is 63.4 Å². The first-order valence-corrected chi connectivity index (χ1v) is 13.2. The molecule has 0 aromatic heterocycles. The first kappa shape index (κ1) is 26.7. The topological polar surface area (TPSA) is 118 Å². The van der Waals surface area contributed by atoms with Crippen LogP contribution >= 0.6 is 0 Å². The van der Waals surface area contributed by atoms with Gasteiger partial charge < -0.3 is 34.4 Å². The third-order valence-corrected chi connectivity index (χ3v) is 9.64. The molecule has 0 aliphatic carbocycles. The summed E-state index contributed by atoms with van der Waals surface area (Å²) in [5.74, 6) is -0.929. The number of ether oxygens (including phenoxy) is 4. The van der Waals surface area contributed by atoms with Gasteiger partial charge in [-0.05, 0) is 52.8 Å². The molecule has 176 valence electrons. The van der Waals surface area contributed by atoms with E-state index in [0.29, 0.717) is 0 Å². The van der Waals surface area contributed by atoms with Crippen LogP contribution in [-0.2, 0) is 23.4 Å². The van der Waals surface area contributed by atoms with Crippen molar-refractivity contribution in [3.63, 3.8) is 0 Å². The zero-order chi connectivity index (χ0) is 23.5. The van der Waals surface area contributed by atoms with Gasteiger partial charge in [0.05, 0.1) is 12.6 Å². The van der Waals surface area contributed by atoms with E-state index in [1.807, 2.05) is 0 Å². The predicted molar refractivity (Wildman–Crippen MR) is 116 cm³/mol. The monoisotopic (exact) mass is 448 g/mol. The zero-order valence-electron chi connectivity index (χ0n) is 20.1. The van der Waals surface area contributed by atoms with Crippen LogP contribution in [0.3, 0.4) is 0 Å². The SMILES string of the molecule is CC(C)(C)OC(=O)N[C@H](CO[Si](C)(C)C(C)(C)C)[C@@H]1OC(C)(C)O[C@H]1COC(N)=O. The van der Waals surface area contributed by atoms with Crippen LogP contribution in [0.25, 0.3) is 0 Å². The second kappa shape index (κ2) is 9.42. The average molecular weight is 449 g/mol. The molecule has 0 spiro atoms. The number of carbonyl (C=O) groups excluding carboxylic acids is 2. The van der Waals surface area contributed by atoms with Crippen LogP contribution in [0.5, 0.6) is 0 Å². The Morgan fingerprint density at radius 3 is 2.17 bits per heavy atom. The highest BCUT2D eigenvalue weighted by molar-refractivity contribution is 6.74. The van der Waals surface area contributed by atoms with E-state index in [-0.39, 0.29) is 18.3 Å². The average Bonchev–Trinajstić information content (AvgIpc) is 2.81. The largest absolute Gasteiger partial charge is 0.447 e. The van der Waals surface area contributed by atoms with Gasteiger partial charge in [-0.25, -0.2) is 9.59 Å². The van der Waals surface area contributed by atoms with Crippen molar-refractivity contribution in [3.05, 3.63) is 0 Å². The minimum Gasteiger partial charge on any atom is -0.447 e. The number of hydrogen-bond donors (Lipinski definition) is 2. The molecule has 0 radical (unpaired) electrons. The molecule has 1 aliphatic heterocycles. The number of primary amides is 1. The normalized spacial score (nSPS) is 23.0. The lowest BCUT2D eigenvalue weighted by Gasteiger charge is -2.38. The van der Waals surface area contributed by atoms with Crippen molar-refractivity contribution in [2.45, 2.75) is 103 Å². The lowest BCUT2D eigenvalue weighted by atomic mass is 10.1. The molecule has 1 rings (SSSR count). The van der Waals surface area contributed by atoms with Crippen molar-refractivity contribution >= 4 is 20.5 Å². The van der Waals surface area contributed by atoms with Gasteiger partial charge >= 0.3 is 12.2 Å². The first-order chi connectivity index (χ1) is 13.3. The number of amides is 2. The van der Waals surface area contributed by atoms with Crippen LogP contribution in [0, 0.1) is 0 Å². The van der Waals surface area contributed by atoms with Crippen molar-refractivity contribution in [1.82, 2.24) is 5.32 Å². The molecule has 0 aromatic rings. The highest BCUT2D eigenvalue weighted by Crippen LogP contribution is 2.37. The van der Waals surface area contributed by atoms with Crippen LogP contribution in [0.4, 0.5) is 9.59 Å². The third kappa shape index (κ3) is 8.41. The lowest BCUT2D eigenvalue weighted by molar-refractivity contribution is -0.151. The fourth-order valence-electron chi connectivity index (χ4n) is 2.69. The molecule has 0 aromatic carbocycles. The van der Waals surface area contributed by atoms with E-state index in [9.17, 15) is 9.59 Å². The van der Waals surface area contributed by atoms with Gasteiger partial charge in [0, 0.05) is 0 Å². The summed E-state index contributed by atoms with van der Waals surface area (Å²) < 4.78 is 28.6. The smallest absolute Gasteiger partial charge is 0.408 e. The molecular formula is C20H40N2O7Si. The van der Waals surface area contributed by atoms with Crippen molar-refractivity contribution in [1.29, 1.82) is 0 Å². The first-order valence-electron chi connectivity index (χ1n) is 10.2. The summed E-state index contributed by atoms with van der Waals surface area (Å²) in [7, 11) is -2.10. The third-order valence-electron chi connectivity index (χ3n) is 5.14. The molecule has 3 atom stereocenters. The summed E-state index contributed by atoms with van der Waals surface area (Å²) in [6, 6.07) is -0.586. The molecule has 9 nitrogen and oxygen atoms in total. The second-order valence-corrected chi connectivity index (χ2v) is 15.4. The van der Waals surface area contributed by atoms with Gasteiger partial charge in [0.15, 0.2) is 14.1 Å². The minimum absolute atomic E-state index is 0.00967. The van der Waals surface area contributed by atoms with Crippen LogP contribution in [0.15, 0.2) is 0 Å². The molecular weight excluding hydrogens is 408 g/mol. The Labute approximate surface area is 181 Å². The molecule has 1 fully saturated rings. The van der Waals surface area contributed by atoms with Crippen LogP contribution in [0.2, 0.25) is 18.1 Å². The number of rotatable bonds is 7. The highest BCUT2D eigenvalue weighted by Gasteiger charge is 2.47. The van der Waals surface area contributed by atoms with E-state index >= 15 is 0 Å². The predicted octanol–water partition coefficient (Wildman–Crippen LogP) is 3.52. The van der Waals surface area contributed by atoms with Crippen LogP contribution in [0.1, 0.15) is 55.4 Å². The van der Waals surface area contributed by atoms with E-state index < -0.39 is 50.1 Å². The maximum absolute atomic E-state index is 12.5. The summed E-state index contributed by atoms with van der Waals surface area (Å²) in [6.07, 6.45) is -2.75. The van der Waals surface area contributed by atoms with Gasteiger partial charge in [-0.2, -0.15) is 0 Å². The highest BCUT2D eigenvalue weighted by atomic mass is 28.4. The molecule has 10 heteroatoms. The molecule has 0 saturated carbocycles. The maximum atomic E-state index is 12.5. The number of carbonyl (C=O) groups is 2. The molecule has 0 bridgehead atoms. The summed E-state index contributed by atoms with van der Waals surface area (Å²) in [6.45, 7) is 19.6. The van der Waals surface area contributed by atoms with Gasteiger partial charge in [0.1, 0.15) is 24.4 Å². The Bertz CT molecular complexity index is 611. The maximum Gasteiger partial charge on any atom is 0.408 e.